The second-order valence-electron chi connectivity index (χ2n) is 3.89. The van der Waals surface area contributed by atoms with Gasteiger partial charge in [0.2, 0.25) is 0 Å². The third-order valence-corrected chi connectivity index (χ3v) is 3.00. The summed E-state index contributed by atoms with van der Waals surface area (Å²) in [6, 6.07) is 5.42. The van der Waals surface area contributed by atoms with Crippen molar-refractivity contribution in [2.75, 3.05) is 0 Å². The summed E-state index contributed by atoms with van der Waals surface area (Å²) in [5.41, 5.74) is 4.17. The lowest BCUT2D eigenvalue weighted by Gasteiger charge is -2.17. The van der Waals surface area contributed by atoms with Crippen molar-refractivity contribution >= 4 is 5.97 Å². The molecule has 0 atom stereocenters. The second-order valence-corrected chi connectivity index (χ2v) is 3.89. The molecule has 0 unspecified atom stereocenters. The molecule has 0 saturated carbocycles. The third-order valence-electron chi connectivity index (χ3n) is 3.00. The molecular formula is C12H10N2O2. The molecule has 1 heterocycles. The van der Waals surface area contributed by atoms with Gasteiger partial charge in [-0.05, 0) is 24.5 Å². The summed E-state index contributed by atoms with van der Waals surface area (Å²) in [5, 5.41) is 16.1. The fourth-order valence-corrected chi connectivity index (χ4v) is 2.28. The van der Waals surface area contributed by atoms with E-state index in [0.29, 0.717) is 5.56 Å². The predicted octanol–water partition coefficient (Wildman–Crippen LogP) is 1.87. The topological polar surface area (TPSA) is 66.0 Å². The smallest absolute Gasteiger partial charge is 0.336 e. The fraction of sp³-hybridized carbons (Fsp3) is 0.167. The predicted molar refractivity (Wildman–Crippen MR) is 58.4 cm³/mol. The molecule has 0 fully saturated rings. The zero-order valence-corrected chi connectivity index (χ0v) is 8.53. The van der Waals surface area contributed by atoms with Gasteiger partial charge in [0, 0.05) is 17.3 Å². The number of benzene rings is 1. The third kappa shape index (κ3) is 1.16. The molecule has 1 aliphatic rings. The normalized spacial score (nSPS) is 13.0. The molecule has 0 saturated heterocycles. The summed E-state index contributed by atoms with van der Waals surface area (Å²) in [6.45, 7) is 0. The van der Waals surface area contributed by atoms with E-state index >= 15 is 0 Å². The Morgan fingerprint density at radius 3 is 3.06 bits per heavy atom. The van der Waals surface area contributed by atoms with E-state index in [9.17, 15) is 9.90 Å². The van der Waals surface area contributed by atoms with Crippen molar-refractivity contribution < 1.29 is 9.90 Å². The number of hydrogen-bond donors (Lipinski definition) is 2. The van der Waals surface area contributed by atoms with Crippen LogP contribution in [-0.2, 0) is 12.8 Å². The van der Waals surface area contributed by atoms with Crippen molar-refractivity contribution in [2.45, 2.75) is 12.8 Å². The lowest BCUT2D eigenvalue weighted by Crippen LogP contribution is -2.08. The van der Waals surface area contributed by atoms with Crippen LogP contribution in [0, 0.1) is 0 Å². The maximum absolute atomic E-state index is 11.2. The molecule has 0 bridgehead atoms. The van der Waals surface area contributed by atoms with Gasteiger partial charge in [0.15, 0.2) is 0 Å². The second kappa shape index (κ2) is 3.20. The first-order valence-corrected chi connectivity index (χ1v) is 5.15. The summed E-state index contributed by atoms with van der Waals surface area (Å²) in [4.78, 5) is 11.2. The highest BCUT2D eigenvalue weighted by molar-refractivity contribution is 5.97. The molecule has 0 radical (unpaired) electrons. The molecule has 1 aliphatic carbocycles. The summed E-state index contributed by atoms with van der Waals surface area (Å²) in [7, 11) is 0. The molecule has 0 aliphatic heterocycles. The van der Waals surface area contributed by atoms with Crippen LogP contribution in [0.4, 0.5) is 0 Å². The Balaban J connectivity index is 2.33. The van der Waals surface area contributed by atoms with Crippen LogP contribution in [0.5, 0.6) is 0 Å². The molecule has 16 heavy (non-hydrogen) atoms. The maximum atomic E-state index is 11.2. The van der Waals surface area contributed by atoms with Crippen molar-refractivity contribution in [1.82, 2.24) is 10.2 Å². The van der Waals surface area contributed by atoms with Crippen molar-refractivity contribution in [3.8, 4) is 11.1 Å². The lowest BCUT2D eigenvalue weighted by molar-refractivity contribution is 0.0697. The molecule has 1 aromatic heterocycles. The number of rotatable bonds is 1. The molecule has 80 valence electrons. The van der Waals surface area contributed by atoms with E-state index in [-0.39, 0.29) is 0 Å². The van der Waals surface area contributed by atoms with Gasteiger partial charge >= 0.3 is 5.97 Å². The highest BCUT2D eigenvalue weighted by Crippen LogP contribution is 2.34. The van der Waals surface area contributed by atoms with Crippen molar-refractivity contribution in [1.29, 1.82) is 0 Å². The number of aryl methyl sites for hydroxylation is 2. The summed E-state index contributed by atoms with van der Waals surface area (Å²) < 4.78 is 0. The van der Waals surface area contributed by atoms with Gasteiger partial charge in [-0.3, -0.25) is 5.10 Å². The Bertz CT molecular complexity index is 572. The molecule has 0 amide bonds. The van der Waals surface area contributed by atoms with Crippen molar-refractivity contribution in [2.24, 2.45) is 0 Å². The highest BCUT2D eigenvalue weighted by atomic mass is 16.4. The molecule has 0 spiro atoms. The van der Waals surface area contributed by atoms with Gasteiger partial charge in [0.25, 0.3) is 0 Å². The van der Waals surface area contributed by atoms with E-state index in [4.69, 9.17) is 0 Å². The van der Waals surface area contributed by atoms with Crippen LogP contribution in [0.3, 0.4) is 0 Å². The number of aromatic nitrogens is 2. The van der Waals surface area contributed by atoms with Crippen molar-refractivity contribution in [3.05, 3.63) is 41.2 Å². The van der Waals surface area contributed by atoms with E-state index in [1.54, 1.807) is 18.3 Å². The first-order valence-electron chi connectivity index (χ1n) is 5.15. The molecule has 3 rings (SSSR count). The summed E-state index contributed by atoms with van der Waals surface area (Å²) in [5.74, 6) is -0.883. The zero-order chi connectivity index (χ0) is 11.1. The van der Waals surface area contributed by atoms with E-state index in [2.05, 4.69) is 10.2 Å². The number of H-pyrrole nitrogens is 1. The average molecular weight is 214 g/mol. The minimum Gasteiger partial charge on any atom is -0.478 e. The zero-order valence-electron chi connectivity index (χ0n) is 8.53. The van der Waals surface area contributed by atoms with Gasteiger partial charge < -0.3 is 5.11 Å². The Labute approximate surface area is 91.9 Å². The van der Waals surface area contributed by atoms with E-state index in [0.717, 1.165) is 35.2 Å². The average Bonchev–Trinajstić information content (AvgIpc) is 2.76. The molecule has 4 nitrogen and oxygen atoms in total. The van der Waals surface area contributed by atoms with Gasteiger partial charge in [-0.25, -0.2) is 4.79 Å². The number of nitrogens with zero attached hydrogens (tertiary/aromatic N) is 1. The molecule has 2 N–H and O–H groups in total. The molecule has 2 aromatic rings. The molecule has 4 heteroatoms. The van der Waals surface area contributed by atoms with Crippen molar-refractivity contribution in [3.63, 3.8) is 0 Å². The first kappa shape index (κ1) is 9.15. The number of carboxylic acid groups (broad SMARTS) is 1. The van der Waals surface area contributed by atoms with Crippen LogP contribution in [0.25, 0.3) is 11.1 Å². The number of aromatic amines is 1. The first-order chi connectivity index (χ1) is 7.77. The Morgan fingerprint density at radius 1 is 1.38 bits per heavy atom. The minimum absolute atomic E-state index is 0.361. The monoisotopic (exact) mass is 214 g/mol. The SMILES string of the molecule is O=C(O)c1cccc2c1-c1c[nH]nc1CC2. The van der Waals surface area contributed by atoms with Gasteiger partial charge in [0.1, 0.15) is 0 Å². The number of carbonyl (C=O) groups is 1. The van der Waals surface area contributed by atoms with E-state index in [1.165, 1.54) is 0 Å². The standard InChI is InChI=1S/C12H10N2O2/c15-12(16)8-3-1-2-7-4-5-10-9(11(7)8)6-13-14-10/h1-3,6H,4-5H2,(H,13,14)(H,15,16). The molecular weight excluding hydrogens is 204 g/mol. The van der Waals surface area contributed by atoms with Gasteiger partial charge in [0.05, 0.1) is 11.3 Å². The molecule has 1 aromatic carbocycles. The van der Waals surface area contributed by atoms with Crippen LogP contribution in [0.2, 0.25) is 0 Å². The number of nitrogens with one attached hydrogen (secondary N) is 1. The number of fused-ring (bicyclic) bond motifs is 3. The van der Waals surface area contributed by atoms with Crippen LogP contribution in [0.1, 0.15) is 21.6 Å². The van der Waals surface area contributed by atoms with E-state index < -0.39 is 5.97 Å². The van der Waals surface area contributed by atoms with Crippen LogP contribution in [0.15, 0.2) is 24.4 Å². The fourth-order valence-electron chi connectivity index (χ4n) is 2.28. The summed E-state index contributed by atoms with van der Waals surface area (Å²) in [6.07, 6.45) is 3.50. The number of aromatic carboxylic acids is 1. The largest absolute Gasteiger partial charge is 0.478 e. The highest BCUT2D eigenvalue weighted by Gasteiger charge is 2.23. The Hall–Kier alpha value is -2.10. The summed E-state index contributed by atoms with van der Waals surface area (Å²) >= 11 is 0. The van der Waals surface area contributed by atoms with Gasteiger partial charge in [-0.1, -0.05) is 12.1 Å². The van der Waals surface area contributed by atoms with Gasteiger partial charge in [-0.2, -0.15) is 5.10 Å². The van der Waals surface area contributed by atoms with Crippen LogP contribution in [-0.4, -0.2) is 21.3 Å². The Kier molecular flexibility index (Phi) is 1.83. The minimum atomic E-state index is -0.883. The number of hydrogen-bond acceptors (Lipinski definition) is 2. The van der Waals surface area contributed by atoms with Crippen LogP contribution < -0.4 is 0 Å². The maximum Gasteiger partial charge on any atom is 0.336 e. The van der Waals surface area contributed by atoms with Crippen LogP contribution >= 0.6 is 0 Å². The quantitative estimate of drug-likeness (QED) is 0.761. The lowest BCUT2D eigenvalue weighted by atomic mass is 9.87. The van der Waals surface area contributed by atoms with E-state index in [1.807, 2.05) is 6.07 Å². The Morgan fingerprint density at radius 2 is 2.25 bits per heavy atom. The van der Waals surface area contributed by atoms with Gasteiger partial charge in [-0.15, -0.1) is 0 Å². The number of carboxylic acids is 1.